The third kappa shape index (κ3) is 0.882. The zero-order valence-electron chi connectivity index (χ0n) is 7.02. The van der Waals surface area contributed by atoms with E-state index in [1.807, 2.05) is 0 Å². The fraction of sp³-hybridized carbons (Fsp3) is 0.250. The lowest BCUT2D eigenvalue weighted by Crippen LogP contribution is -1.99. The lowest BCUT2D eigenvalue weighted by molar-refractivity contribution is 0.194. The van der Waals surface area contributed by atoms with E-state index < -0.39 is 29.1 Å². The Kier molecular flexibility index (Phi) is 1.62. The lowest BCUT2D eigenvalue weighted by atomic mass is 10.1. The van der Waals surface area contributed by atoms with Gasteiger partial charge in [0.05, 0.1) is 11.3 Å². The summed E-state index contributed by atoms with van der Waals surface area (Å²) >= 11 is 0. The molecule has 0 saturated heterocycles. The van der Waals surface area contributed by atoms with Gasteiger partial charge in [-0.2, -0.15) is 0 Å². The van der Waals surface area contributed by atoms with E-state index in [1.54, 1.807) is 0 Å². The van der Waals surface area contributed by atoms with E-state index in [9.17, 15) is 20.4 Å². The van der Waals surface area contributed by atoms with Gasteiger partial charge in [-0.15, -0.1) is 0 Å². The molecule has 0 aromatic heterocycles. The minimum Gasteiger partial charge on any atom is -0.504 e. The molecule has 1 aromatic rings. The highest BCUT2D eigenvalue weighted by Gasteiger charge is 2.31. The minimum absolute atomic E-state index is 0.00204. The van der Waals surface area contributed by atoms with Gasteiger partial charge in [-0.3, -0.25) is 0 Å². The first-order valence-electron chi connectivity index (χ1n) is 3.95. The second-order valence-corrected chi connectivity index (χ2v) is 3.08. The van der Waals surface area contributed by atoms with Crippen molar-refractivity contribution in [2.45, 2.75) is 6.10 Å². The molecule has 0 bridgehead atoms. The summed E-state index contributed by atoms with van der Waals surface area (Å²) in [6.07, 6.45) is -1.01. The molecule has 1 heterocycles. The second kappa shape index (κ2) is 2.58. The SMILES string of the molecule is Oc1c(O)c(O)c2c(c1O)NCC2O. The van der Waals surface area contributed by atoms with Crippen LogP contribution in [0.25, 0.3) is 0 Å². The van der Waals surface area contributed by atoms with Gasteiger partial charge in [-0.1, -0.05) is 0 Å². The molecular formula is C8H9NO5. The molecule has 6 heteroatoms. The zero-order valence-corrected chi connectivity index (χ0v) is 7.02. The number of fused-ring (bicyclic) bond motifs is 1. The van der Waals surface area contributed by atoms with Crippen molar-refractivity contribution >= 4 is 5.69 Å². The fourth-order valence-electron chi connectivity index (χ4n) is 1.52. The van der Waals surface area contributed by atoms with Crippen molar-refractivity contribution in [3.63, 3.8) is 0 Å². The molecule has 0 amide bonds. The molecule has 1 aliphatic heterocycles. The van der Waals surface area contributed by atoms with Gasteiger partial charge in [0, 0.05) is 6.54 Å². The average Bonchev–Trinajstić information content (AvgIpc) is 2.54. The molecular weight excluding hydrogens is 190 g/mol. The first-order chi connectivity index (χ1) is 6.54. The highest BCUT2D eigenvalue weighted by Crippen LogP contribution is 2.53. The Morgan fingerprint density at radius 3 is 2.14 bits per heavy atom. The van der Waals surface area contributed by atoms with Gasteiger partial charge in [-0.25, -0.2) is 0 Å². The second-order valence-electron chi connectivity index (χ2n) is 3.08. The summed E-state index contributed by atoms with van der Waals surface area (Å²) in [5.41, 5.74) is 0.0445. The van der Waals surface area contributed by atoms with Crippen molar-refractivity contribution < 1.29 is 25.5 Å². The molecule has 2 rings (SSSR count). The number of rotatable bonds is 0. The molecule has 0 fully saturated rings. The Labute approximate surface area is 78.7 Å². The van der Waals surface area contributed by atoms with Gasteiger partial charge in [-0.05, 0) is 0 Å². The fourth-order valence-corrected chi connectivity index (χ4v) is 1.52. The lowest BCUT2D eigenvalue weighted by Gasteiger charge is -2.10. The van der Waals surface area contributed by atoms with Crippen LogP contribution < -0.4 is 5.32 Å². The van der Waals surface area contributed by atoms with Crippen molar-refractivity contribution in [2.75, 3.05) is 11.9 Å². The van der Waals surface area contributed by atoms with Crippen molar-refractivity contribution in [3.05, 3.63) is 5.56 Å². The number of β-amino-alcohol motifs (C(OH)–C–C–N with tert-alkyl or cyclic N) is 1. The monoisotopic (exact) mass is 199 g/mol. The Morgan fingerprint density at radius 1 is 0.929 bits per heavy atom. The smallest absolute Gasteiger partial charge is 0.206 e. The summed E-state index contributed by atoms with van der Waals surface area (Å²) in [6.45, 7) is 0.110. The highest BCUT2D eigenvalue weighted by atomic mass is 16.3. The normalized spacial score (nSPS) is 19.1. The van der Waals surface area contributed by atoms with Crippen LogP contribution in [0.3, 0.4) is 0 Å². The number of aliphatic hydroxyl groups excluding tert-OH is 1. The van der Waals surface area contributed by atoms with E-state index in [4.69, 9.17) is 5.11 Å². The molecule has 1 unspecified atom stereocenters. The van der Waals surface area contributed by atoms with Crippen LogP contribution in [0.15, 0.2) is 0 Å². The molecule has 1 atom stereocenters. The molecule has 6 nitrogen and oxygen atoms in total. The van der Waals surface area contributed by atoms with Crippen LogP contribution in [0.5, 0.6) is 23.0 Å². The maximum absolute atomic E-state index is 9.38. The van der Waals surface area contributed by atoms with E-state index in [0.29, 0.717) is 0 Å². The molecule has 0 spiro atoms. The minimum atomic E-state index is -1.01. The largest absolute Gasteiger partial charge is 0.504 e. The summed E-state index contributed by atoms with van der Waals surface area (Å²) in [4.78, 5) is 0. The topological polar surface area (TPSA) is 113 Å². The van der Waals surface area contributed by atoms with Gasteiger partial charge >= 0.3 is 0 Å². The molecule has 1 aliphatic rings. The summed E-state index contributed by atoms with van der Waals surface area (Å²) in [6, 6.07) is 0. The summed E-state index contributed by atoms with van der Waals surface area (Å²) in [7, 11) is 0. The molecule has 0 saturated carbocycles. The maximum atomic E-state index is 9.38. The Morgan fingerprint density at radius 2 is 1.50 bits per heavy atom. The van der Waals surface area contributed by atoms with Crippen molar-refractivity contribution in [1.82, 2.24) is 0 Å². The van der Waals surface area contributed by atoms with E-state index in [0.717, 1.165) is 0 Å². The average molecular weight is 199 g/mol. The zero-order chi connectivity index (χ0) is 10.5. The first kappa shape index (κ1) is 8.76. The Hall–Kier alpha value is -1.82. The molecule has 6 N–H and O–H groups in total. The number of nitrogens with one attached hydrogen (secondary N) is 1. The van der Waals surface area contributed by atoms with Crippen LogP contribution in [0.1, 0.15) is 11.7 Å². The van der Waals surface area contributed by atoms with Gasteiger partial charge in [0.25, 0.3) is 0 Å². The van der Waals surface area contributed by atoms with Gasteiger partial charge in [0.15, 0.2) is 11.5 Å². The van der Waals surface area contributed by atoms with E-state index in [-0.39, 0.29) is 17.8 Å². The number of hydrogen-bond acceptors (Lipinski definition) is 6. The van der Waals surface area contributed by atoms with Gasteiger partial charge in [0.2, 0.25) is 11.5 Å². The Balaban J connectivity index is 2.77. The number of aliphatic hydroxyl groups is 1. The van der Waals surface area contributed by atoms with Crippen LogP contribution in [0.4, 0.5) is 5.69 Å². The molecule has 76 valence electrons. The van der Waals surface area contributed by atoms with Crippen LogP contribution >= 0.6 is 0 Å². The predicted octanol–water partition coefficient (Wildman–Crippen LogP) is -0.0321. The number of benzene rings is 1. The Bertz CT molecular complexity index is 403. The quantitative estimate of drug-likeness (QED) is 0.258. The number of phenols is 4. The number of anilines is 1. The number of phenolic OH excluding ortho intramolecular Hbond substituents is 4. The van der Waals surface area contributed by atoms with Crippen LogP contribution in [-0.4, -0.2) is 32.1 Å². The van der Waals surface area contributed by atoms with Gasteiger partial charge in [0.1, 0.15) is 6.10 Å². The molecule has 14 heavy (non-hydrogen) atoms. The third-order valence-corrected chi connectivity index (χ3v) is 2.24. The highest BCUT2D eigenvalue weighted by molar-refractivity contribution is 5.78. The van der Waals surface area contributed by atoms with E-state index >= 15 is 0 Å². The number of aromatic hydroxyl groups is 4. The third-order valence-electron chi connectivity index (χ3n) is 2.24. The van der Waals surface area contributed by atoms with Crippen LogP contribution in [-0.2, 0) is 0 Å². The standard InChI is InChI=1S/C8H9NO5/c10-2-1-9-4-3(2)5(11)7(13)8(14)6(4)12/h2,9-14H,1H2. The summed E-state index contributed by atoms with van der Waals surface area (Å²) in [5, 5.41) is 49.0. The molecule has 0 radical (unpaired) electrons. The van der Waals surface area contributed by atoms with Crippen LogP contribution in [0, 0.1) is 0 Å². The summed E-state index contributed by atoms with van der Waals surface area (Å²) in [5.74, 6) is -2.83. The molecule has 1 aromatic carbocycles. The van der Waals surface area contributed by atoms with E-state index in [1.165, 1.54) is 0 Å². The van der Waals surface area contributed by atoms with Crippen molar-refractivity contribution in [1.29, 1.82) is 0 Å². The van der Waals surface area contributed by atoms with Crippen molar-refractivity contribution in [2.24, 2.45) is 0 Å². The van der Waals surface area contributed by atoms with Gasteiger partial charge < -0.3 is 30.8 Å². The molecule has 0 aliphatic carbocycles. The number of hydrogen-bond donors (Lipinski definition) is 6. The maximum Gasteiger partial charge on any atom is 0.206 e. The predicted molar refractivity (Wildman–Crippen MR) is 46.6 cm³/mol. The van der Waals surface area contributed by atoms with Crippen LogP contribution in [0.2, 0.25) is 0 Å². The first-order valence-corrected chi connectivity index (χ1v) is 3.95. The van der Waals surface area contributed by atoms with Crippen molar-refractivity contribution in [3.8, 4) is 23.0 Å². The van der Waals surface area contributed by atoms with E-state index in [2.05, 4.69) is 5.32 Å². The summed E-state index contributed by atoms with van der Waals surface area (Å²) < 4.78 is 0.